The van der Waals surface area contributed by atoms with Crippen molar-refractivity contribution < 1.29 is 23.4 Å². The maximum atomic E-state index is 15.8. The SMILES string of the molecule is C=CC(=O)N1CCn2nc(-c3nc(-c4cncc(C#N)c4)c4ccsc4c3-c3c(F)cc(F)cc3OCCO)cc2C1C. The predicted octanol–water partition coefficient (Wildman–Crippen LogP) is 5.50. The average molecular weight is 599 g/mol. The molecule has 1 atom stereocenters. The molecular weight excluding hydrogens is 574 g/mol. The van der Waals surface area contributed by atoms with Gasteiger partial charge in [0.05, 0.1) is 41.7 Å². The van der Waals surface area contributed by atoms with Crippen molar-refractivity contribution in [3.05, 3.63) is 83.7 Å². The molecule has 1 aliphatic heterocycles. The molecule has 43 heavy (non-hydrogen) atoms. The summed E-state index contributed by atoms with van der Waals surface area (Å²) >= 11 is 1.34. The number of benzene rings is 1. The van der Waals surface area contributed by atoms with Gasteiger partial charge in [-0.2, -0.15) is 10.4 Å². The number of carbonyl (C=O) groups is 1. The highest BCUT2D eigenvalue weighted by molar-refractivity contribution is 7.18. The summed E-state index contributed by atoms with van der Waals surface area (Å²) in [5, 5.41) is 26.2. The van der Waals surface area contributed by atoms with Gasteiger partial charge in [0.2, 0.25) is 5.91 Å². The van der Waals surface area contributed by atoms with E-state index in [0.717, 1.165) is 17.8 Å². The highest BCUT2D eigenvalue weighted by atomic mass is 32.1. The number of aliphatic hydroxyl groups is 1. The number of rotatable bonds is 7. The lowest BCUT2D eigenvalue weighted by molar-refractivity contribution is -0.129. The van der Waals surface area contributed by atoms with Gasteiger partial charge in [0, 0.05) is 52.3 Å². The van der Waals surface area contributed by atoms with Crippen LogP contribution < -0.4 is 4.74 Å². The minimum Gasteiger partial charge on any atom is -0.490 e. The first-order valence-corrected chi connectivity index (χ1v) is 14.2. The van der Waals surface area contributed by atoms with Crippen molar-refractivity contribution in [3.8, 4) is 45.6 Å². The van der Waals surface area contributed by atoms with E-state index in [0.29, 0.717) is 56.9 Å². The summed E-state index contributed by atoms with van der Waals surface area (Å²) in [5.74, 6) is -2.00. The molecule has 0 aliphatic carbocycles. The molecule has 0 saturated carbocycles. The molecule has 9 nitrogen and oxygen atoms in total. The van der Waals surface area contributed by atoms with E-state index in [1.54, 1.807) is 21.8 Å². The quantitative estimate of drug-likeness (QED) is 0.246. The Hall–Kier alpha value is -4.99. The first kappa shape index (κ1) is 28.1. The average Bonchev–Trinajstić information content (AvgIpc) is 3.68. The van der Waals surface area contributed by atoms with Crippen LogP contribution in [0.25, 0.3) is 43.9 Å². The van der Waals surface area contributed by atoms with Gasteiger partial charge in [-0.3, -0.25) is 14.5 Å². The number of carbonyl (C=O) groups excluding carboxylic acids is 1. The Labute approximate surface area is 248 Å². The highest BCUT2D eigenvalue weighted by Crippen LogP contribution is 2.47. The van der Waals surface area contributed by atoms with Gasteiger partial charge >= 0.3 is 0 Å². The predicted molar refractivity (Wildman–Crippen MR) is 157 cm³/mol. The third-order valence-corrected chi connectivity index (χ3v) is 8.26. The van der Waals surface area contributed by atoms with Crippen LogP contribution in [0.2, 0.25) is 0 Å². The van der Waals surface area contributed by atoms with E-state index in [2.05, 4.69) is 17.6 Å². The smallest absolute Gasteiger partial charge is 0.246 e. The van der Waals surface area contributed by atoms with Crippen molar-refractivity contribution in [3.63, 3.8) is 0 Å². The van der Waals surface area contributed by atoms with Gasteiger partial charge in [-0.05, 0) is 36.6 Å². The molecule has 0 spiro atoms. The molecule has 0 bridgehead atoms. The van der Waals surface area contributed by atoms with E-state index >= 15 is 4.39 Å². The second-order valence-electron chi connectivity index (χ2n) is 9.84. The molecule has 5 aromatic rings. The highest BCUT2D eigenvalue weighted by Gasteiger charge is 2.31. The van der Waals surface area contributed by atoms with Crippen LogP contribution in [0.5, 0.6) is 5.75 Å². The zero-order chi connectivity index (χ0) is 30.2. The minimum absolute atomic E-state index is 0.0252. The van der Waals surface area contributed by atoms with E-state index in [-0.39, 0.29) is 36.5 Å². The number of fused-ring (bicyclic) bond motifs is 2. The van der Waals surface area contributed by atoms with Crippen LogP contribution in [-0.2, 0) is 11.3 Å². The fraction of sp³-hybridized carbons (Fsp3) is 0.194. The normalized spacial score (nSPS) is 14.4. The molecule has 12 heteroatoms. The second kappa shape index (κ2) is 11.4. The first-order chi connectivity index (χ1) is 20.8. The maximum Gasteiger partial charge on any atom is 0.246 e. The number of pyridine rings is 2. The van der Waals surface area contributed by atoms with Gasteiger partial charge in [-0.15, -0.1) is 11.3 Å². The molecule has 1 amide bonds. The molecule has 5 heterocycles. The number of nitrogens with zero attached hydrogens (tertiary/aromatic N) is 6. The van der Waals surface area contributed by atoms with Crippen LogP contribution >= 0.6 is 11.3 Å². The van der Waals surface area contributed by atoms with Crippen molar-refractivity contribution in [2.24, 2.45) is 0 Å². The number of nitriles is 1. The van der Waals surface area contributed by atoms with E-state index < -0.39 is 11.6 Å². The molecule has 1 unspecified atom stereocenters. The van der Waals surface area contributed by atoms with E-state index in [1.165, 1.54) is 23.6 Å². The summed E-state index contributed by atoms with van der Waals surface area (Å²) < 4.78 is 38.3. The number of thiophene rings is 1. The Morgan fingerprint density at radius 1 is 1.23 bits per heavy atom. The van der Waals surface area contributed by atoms with Crippen LogP contribution in [0.4, 0.5) is 8.78 Å². The van der Waals surface area contributed by atoms with Gasteiger partial charge in [0.15, 0.2) is 0 Å². The molecule has 0 radical (unpaired) electrons. The number of ether oxygens (including phenoxy) is 1. The van der Waals surface area contributed by atoms with Crippen molar-refractivity contribution in [2.45, 2.75) is 19.5 Å². The largest absolute Gasteiger partial charge is 0.490 e. The van der Waals surface area contributed by atoms with Crippen LogP contribution in [0, 0.1) is 23.0 Å². The van der Waals surface area contributed by atoms with Gasteiger partial charge < -0.3 is 14.7 Å². The molecule has 4 aromatic heterocycles. The summed E-state index contributed by atoms with van der Waals surface area (Å²) in [4.78, 5) is 23.4. The van der Waals surface area contributed by atoms with Crippen LogP contribution in [0.15, 0.2) is 60.8 Å². The van der Waals surface area contributed by atoms with Gasteiger partial charge in [0.1, 0.15) is 41.4 Å². The van der Waals surface area contributed by atoms with Crippen LogP contribution in [0.1, 0.15) is 24.2 Å². The lowest BCUT2D eigenvalue weighted by Gasteiger charge is -2.33. The summed E-state index contributed by atoms with van der Waals surface area (Å²) in [6.45, 7) is 5.80. The number of amides is 1. The molecule has 216 valence electrons. The monoisotopic (exact) mass is 598 g/mol. The topological polar surface area (TPSA) is 117 Å². The summed E-state index contributed by atoms with van der Waals surface area (Å²) in [5.41, 5.74) is 3.18. The molecule has 1 aliphatic rings. The Balaban J connectivity index is 1.66. The zero-order valence-corrected chi connectivity index (χ0v) is 23.7. The van der Waals surface area contributed by atoms with E-state index in [9.17, 15) is 19.6 Å². The van der Waals surface area contributed by atoms with E-state index in [1.807, 2.05) is 24.4 Å². The fourth-order valence-corrected chi connectivity index (χ4v) is 6.34. The second-order valence-corrected chi connectivity index (χ2v) is 10.8. The van der Waals surface area contributed by atoms with Gasteiger partial charge in [-0.25, -0.2) is 13.8 Å². The number of aromatic nitrogens is 4. The van der Waals surface area contributed by atoms with Crippen molar-refractivity contribution in [2.75, 3.05) is 19.8 Å². The van der Waals surface area contributed by atoms with Gasteiger partial charge in [0.25, 0.3) is 0 Å². The van der Waals surface area contributed by atoms with E-state index in [4.69, 9.17) is 14.8 Å². The van der Waals surface area contributed by atoms with Crippen molar-refractivity contribution >= 4 is 27.3 Å². The molecule has 1 N–H and O–H groups in total. The Morgan fingerprint density at radius 2 is 2.07 bits per heavy atom. The lowest BCUT2D eigenvalue weighted by atomic mass is 9.96. The number of halogens is 2. The third kappa shape index (κ3) is 4.92. The van der Waals surface area contributed by atoms with Crippen LogP contribution in [0.3, 0.4) is 0 Å². The summed E-state index contributed by atoms with van der Waals surface area (Å²) in [6, 6.07) is 8.93. The summed E-state index contributed by atoms with van der Waals surface area (Å²) in [7, 11) is 0. The number of hydrogen-bond donors (Lipinski definition) is 1. The lowest BCUT2D eigenvalue weighted by Crippen LogP contribution is -2.40. The fourth-order valence-electron chi connectivity index (χ4n) is 5.39. The zero-order valence-electron chi connectivity index (χ0n) is 22.9. The standard InChI is InChI=1S/C31H24F2N6O3S/c1-3-26(41)38-5-6-39-24(17(38)2)13-23(37-39)30-28(27-22(33)11-20(32)12-25(27)42-8-7-40)31-21(4-9-43-31)29(36-30)19-10-18(14-34)15-35-16-19/h3-4,9-13,15-17,40H,1,5-8H2,2H3. The molecule has 0 saturated heterocycles. The minimum atomic E-state index is -0.869. The molecular formula is C31H24F2N6O3S. The van der Waals surface area contributed by atoms with Crippen LogP contribution in [-0.4, -0.2) is 55.4 Å². The molecule has 6 rings (SSSR count). The third-order valence-electron chi connectivity index (χ3n) is 7.33. The molecule has 1 aromatic carbocycles. The van der Waals surface area contributed by atoms with Crippen molar-refractivity contribution in [1.29, 1.82) is 5.26 Å². The maximum absolute atomic E-state index is 15.8. The summed E-state index contributed by atoms with van der Waals surface area (Å²) in [6.07, 6.45) is 4.31. The Bertz CT molecular complexity index is 1950. The number of aliphatic hydroxyl groups excluding tert-OH is 1. The van der Waals surface area contributed by atoms with Crippen molar-refractivity contribution in [1.82, 2.24) is 24.6 Å². The first-order valence-electron chi connectivity index (χ1n) is 13.4. The van der Waals surface area contributed by atoms with Gasteiger partial charge in [-0.1, -0.05) is 6.58 Å². The molecule has 0 fully saturated rings. The number of hydrogen-bond acceptors (Lipinski definition) is 8. The Kier molecular flexibility index (Phi) is 7.43. The Morgan fingerprint density at radius 3 is 2.84 bits per heavy atom.